The molecule has 1 N–H and O–H groups in total. The van der Waals surface area contributed by atoms with E-state index in [4.69, 9.17) is 0 Å². The highest BCUT2D eigenvalue weighted by atomic mass is 16.3. The van der Waals surface area contributed by atoms with E-state index in [1.165, 1.54) is 5.69 Å². The van der Waals surface area contributed by atoms with Gasteiger partial charge in [-0.2, -0.15) is 0 Å². The molecule has 0 aliphatic carbocycles. The average molecular weight is 193 g/mol. The molecule has 1 aromatic rings. The van der Waals surface area contributed by atoms with Gasteiger partial charge in [0.15, 0.2) is 0 Å². The summed E-state index contributed by atoms with van der Waals surface area (Å²) in [5.41, 5.74) is 2.19. The average Bonchev–Trinajstić information content (AvgIpc) is 2.27. The zero-order valence-electron chi connectivity index (χ0n) is 9.20. The molecule has 1 rings (SSSR count). The van der Waals surface area contributed by atoms with E-state index in [-0.39, 0.29) is 6.10 Å². The summed E-state index contributed by atoms with van der Waals surface area (Å²) < 4.78 is 0. The van der Waals surface area contributed by atoms with Gasteiger partial charge in [-0.25, -0.2) is 0 Å². The van der Waals surface area contributed by atoms with E-state index in [0.29, 0.717) is 0 Å². The SMILES string of the molecule is CCC(O)c1ccc(N(C)CC)cc1. The predicted molar refractivity (Wildman–Crippen MR) is 60.6 cm³/mol. The zero-order valence-corrected chi connectivity index (χ0v) is 9.20. The van der Waals surface area contributed by atoms with Crippen LogP contribution in [0.1, 0.15) is 31.9 Å². The van der Waals surface area contributed by atoms with Crippen LogP contribution in [0.15, 0.2) is 24.3 Å². The van der Waals surface area contributed by atoms with E-state index in [1.807, 2.05) is 19.1 Å². The predicted octanol–water partition coefficient (Wildman–Crippen LogP) is 2.59. The molecule has 0 bridgehead atoms. The van der Waals surface area contributed by atoms with Crippen molar-refractivity contribution in [3.05, 3.63) is 29.8 Å². The minimum absolute atomic E-state index is 0.323. The quantitative estimate of drug-likeness (QED) is 0.794. The molecule has 1 aromatic carbocycles. The number of aliphatic hydroxyl groups is 1. The van der Waals surface area contributed by atoms with Gasteiger partial charge in [0.2, 0.25) is 0 Å². The summed E-state index contributed by atoms with van der Waals surface area (Å²) in [4.78, 5) is 2.17. The molecule has 0 amide bonds. The van der Waals surface area contributed by atoms with E-state index in [1.54, 1.807) is 0 Å². The van der Waals surface area contributed by atoms with Crippen LogP contribution in [-0.2, 0) is 0 Å². The molecule has 0 fully saturated rings. The lowest BCUT2D eigenvalue weighted by Gasteiger charge is -2.17. The molecule has 0 aromatic heterocycles. The summed E-state index contributed by atoms with van der Waals surface area (Å²) in [6.45, 7) is 5.10. The summed E-state index contributed by atoms with van der Waals surface area (Å²) in [5.74, 6) is 0. The first-order valence-corrected chi connectivity index (χ1v) is 5.18. The van der Waals surface area contributed by atoms with Crippen LogP contribution in [0.4, 0.5) is 5.69 Å². The Morgan fingerprint density at radius 2 is 1.79 bits per heavy atom. The summed E-state index contributed by atoms with van der Waals surface area (Å²) in [6, 6.07) is 8.10. The van der Waals surface area contributed by atoms with Gasteiger partial charge in [0.05, 0.1) is 6.10 Å². The Kier molecular flexibility index (Phi) is 3.96. The van der Waals surface area contributed by atoms with Crippen molar-refractivity contribution in [1.29, 1.82) is 0 Å². The van der Waals surface area contributed by atoms with Crippen molar-refractivity contribution in [2.45, 2.75) is 26.4 Å². The van der Waals surface area contributed by atoms with Crippen molar-refractivity contribution in [2.24, 2.45) is 0 Å². The highest BCUT2D eigenvalue weighted by Gasteiger charge is 2.04. The fourth-order valence-corrected chi connectivity index (χ4v) is 1.37. The maximum atomic E-state index is 9.60. The van der Waals surface area contributed by atoms with Crippen LogP contribution in [0.2, 0.25) is 0 Å². The van der Waals surface area contributed by atoms with Gasteiger partial charge in [0.1, 0.15) is 0 Å². The lowest BCUT2D eigenvalue weighted by molar-refractivity contribution is 0.173. The van der Waals surface area contributed by atoms with Gasteiger partial charge in [0.25, 0.3) is 0 Å². The highest BCUT2D eigenvalue weighted by molar-refractivity contribution is 5.46. The first kappa shape index (κ1) is 11.1. The van der Waals surface area contributed by atoms with Gasteiger partial charge in [-0.15, -0.1) is 0 Å². The lowest BCUT2D eigenvalue weighted by atomic mass is 10.1. The largest absolute Gasteiger partial charge is 0.388 e. The Bertz CT molecular complexity index is 239. The minimum Gasteiger partial charge on any atom is -0.388 e. The summed E-state index contributed by atoms with van der Waals surface area (Å²) >= 11 is 0. The maximum Gasteiger partial charge on any atom is 0.0787 e. The van der Waals surface area contributed by atoms with Crippen molar-refractivity contribution >= 4 is 5.69 Å². The van der Waals surface area contributed by atoms with E-state index in [2.05, 4.69) is 31.0 Å². The molecule has 78 valence electrons. The van der Waals surface area contributed by atoms with Crippen molar-refractivity contribution < 1.29 is 5.11 Å². The molecule has 0 saturated carbocycles. The number of anilines is 1. The van der Waals surface area contributed by atoms with Gasteiger partial charge in [-0.05, 0) is 31.0 Å². The second-order valence-corrected chi connectivity index (χ2v) is 3.53. The molecule has 1 unspecified atom stereocenters. The number of benzene rings is 1. The summed E-state index contributed by atoms with van der Waals surface area (Å²) in [6.07, 6.45) is 0.444. The van der Waals surface area contributed by atoms with Gasteiger partial charge in [-0.1, -0.05) is 19.1 Å². The third-order valence-corrected chi connectivity index (χ3v) is 2.58. The van der Waals surface area contributed by atoms with Crippen molar-refractivity contribution in [1.82, 2.24) is 0 Å². The van der Waals surface area contributed by atoms with Crippen LogP contribution in [0.5, 0.6) is 0 Å². The molecule has 0 aliphatic rings. The van der Waals surface area contributed by atoms with Gasteiger partial charge >= 0.3 is 0 Å². The Balaban J connectivity index is 2.78. The van der Waals surface area contributed by atoms with Gasteiger partial charge < -0.3 is 10.0 Å². The highest BCUT2D eigenvalue weighted by Crippen LogP contribution is 2.20. The molecule has 0 spiro atoms. The number of nitrogens with zero attached hydrogens (tertiary/aromatic N) is 1. The van der Waals surface area contributed by atoms with E-state index in [9.17, 15) is 5.11 Å². The Labute approximate surface area is 86.2 Å². The zero-order chi connectivity index (χ0) is 10.6. The first-order valence-electron chi connectivity index (χ1n) is 5.18. The van der Waals surface area contributed by atoms with Crippen LogP contribution in [-0.4, -0.2) is 18.7 Å². The first-order chi connectivity index (χ1) is 6.69. The number of hydrogen-bond donors (Lipinski definition) is 1. The molecular formula is C12H19NO. The van der Waals surface area contributed by atoms with Crippen LogP contribution < -0.4 is 4.90 Å². The molecule has 2 nitrogen and oxygen atoms in total. The monoisotopic (exact) mass is 193 g/mol. The van der Waals surface area contributed by atoms with Gasteiger partial charge in [0, 0.05) is 19.3 Å². The normalized spacial score (nSPS) is 12.6. The molecule has 1 atom stereocenters. The smallest absolute Gasteiger partial charge is 0.0787 e. The molecule has 0 radical (unpaired) electrons. The second kappa shape index (κ2) is 5.01. The Hall–Kier alpha value is -1.02. The van der Waals surface area contributed by atoms with Gasteiger partial charge in [-0.3, -0.25) is 0 Å². The standard InChI is InChI=1S/C12H19NO/c1-4-12(14)10-6-8-11(9-7-10)13(3)5-2/h6-9,12,14H,4-5H2,1-3H3. The second-order valence-electron chi connectivity index (χ2n) is 3.53. The molecular weight excluding hydrogens is 174 g/mol. The van der Waals surface area contributed by atoms with Crippen molar-refractivity contribution in [3.63, 3.8) is 0 Å². The molecule has 0 aliphatic heterocycles. The molecule has 2 heteroatoms. The number of rotatable bonds is 4. The number of aliphatic hydroxyl groups excluding tert-OH is 1. The third-order valence-electron chi connectivity index (χ3n) is 2.58. The summed E-state index contributed by atoms with van der Waals surface area (Å²) in [5, 5.41) is 9.60. The van der Waals surface area contributed by atoms with Crippen molar-refractivity contribution in [3.8, 4) is 0 Å². The third kappa shape index (κ3) is 2.48. The Morgan fingerprint density at radius 3 is 2.21 bits per heavy atom. The topological polar surface area (TPSA) is 23.5 Å². The molecule has 0 heterocycles. The fraction of sp³-hybridized carbons (Fsp3) is 0.500. The van der Waals surface area contributed by atoms with Crippen LogP contribution in [0, 0.1) is 0 Å². The maximum absolute atomic E-state index is 9.60. The van der Waals surface area contributed by atoms with Crippen molar-refractivity contribution in [2.75, 3.05) is 18.5 Å². The van der Waals surface area contributed by atoms with Crippen LogP contribution >= 0.6 is 0 Å². The number of hydrogen-bond acceptors (Lipinski definition) is 2. The molecule has 14 heavy (non-hydrogen) atoms. The van der Waals surface area contributed by atoms with E-state index >= 15 is 0 Å². The fourth-order valence-electron chi connectivity index (χ4n) is 1.37. The lowest BCUT2D eigenvalue weighted by Crippen LogP contribution is -2.15. The van der Waals surface area contributed by atoms with E-state index < -0.39 is 0 Å². The molecule has 0 saturated heterocycles. The van der Waals surface area contributed by atoms with E-state index in [0.717, 1.165) is 18.5 Å². The van der Waals surface area contributed by atoms with Crippen LogP contribution in [0.3, 0.4) is 0 Å². The minimum atomic E-state index is -0.323. The summed E-state index contributed by atoms with van der Waals surface area (Å²) in [7, 11) is 2.06. The Morgan fingerprint density at radius 1 is 1.21 bits per heavy atom. The van der Waals surface area contributed by atoms with Crippen LogP contribution in [0.25, 0.3) is 0 Å².